The van der Waals surface area contributed by atoms with E-state index in [0.29, 0.717) is 46.3 Å². The van der Waals surface area contributed by atoms with Gasteiger partial charge >= 0.3 is 0 Å². The SMILES string of the molecule is CC(C)(C)c1ccc(-c2nnc(-c3ccc4c(n3)-c3nc(-c5nnc(-c6ccc(C(C)(C)C)cc6)o5)ccc3C43c4cc(N(c5ccccc5)c5ccccc5)ccc4-c4ccc(N(c5ccccc5)c5ccccc5)cc43)o2)cc1. The van der Waals surface area contributed by atoms with E-state index in [1.165, 1.54) is 11.1 Å². The minimum Gasteiger partial charge on any atom is -0.415 e. The molecule has 0 bridgehead atoms. The van der Waals surface area contributed by atoms with Gasteiger partial charge in [0, 0.05) is 45.3 Å². The molecule has 81 heavy (non-hydrogen) atoms. The summed E-state index contributed by atoms with van der Waals surface area (Å²) in [5, 5.41) is 18.4. The maximum Gasteiger partial charge on any atom is 0.266 e. The quantitative estimate of drug-likeness (QED) is 0.131. The molecule has 1 spiro atoms. The first-order valence-electron chi connectivity index (χ1n) is 27.4. The lowest BCUT2D eigenvalue weighted by atomic mass is 9.70. The van der Waals surface area contributed by atoms with Gasteiger partial charge in [-0.2, -0.15) is 0 Å². The summed E-state index contributed by atoms with van der Waals surface area (Å²) < 4.78 is 13.1. The van der Waals surface area contributed by atoms with Crippen LogP contribution in [0.2, 0.25) is 0 Å². The molecule has 0 N–H and O–H groups in total. The average molecular weight is 1050 g/mol. The maximum atomic E-state index is 6.53. The molecule has 0 unspecified atom stereocenters. The molecular weight excluding hydrogens is 997 g/mol. The zero-order valence-electron chi connectivity index (χ0n) is 45.8. The van der Waals surface area contributed by atoms with Crippen molar-refractivity contribution in [3.05, 3.63) is 264 Å². The van der Waals surface area contributed by atoms with Crippen LogP contribution in [-0.4, -0.2) is 30.4 Å². The summed E-state index contributed by atoms with van der Waals surface area (Å²) in [5.74, 6) is 1.41. The largest absolute Gasteiger partial charge is 0.415 e. The van der Waals surface area contributed by atoms with E-state index in [1.807, 2.05) is 36.4 Å². The molecular formula is C71H56N8O2. The topological polar surface area (TPSA) is 110 Å². The van der Waals surface area contributed by atoms with Crippen LogP contribution in [0, 0.1) is 0 Å². The number of hydrogen-bond donors (Lipinski definition) is 0. The Labute approximate surface area is 471 Å². The number of para-hydroxylation sites is 4. The van der Waals surface area contributed by atoms with E-state index in [0.717, 1.165) is 78.6 Å². The number of nitrogens with zero attached hydrogens (tertiary/aromatic N) is 8. The van der Waals surface area contributed by atoms with Crippen LogP contribution in [0.5, 0.6) is 0 Å². The van der Waals surface area contributed by atoms with Gasteiger partial charge in [-0.1, -0.05) is 163 Å². The second kappa shape index (κ2) is 19.1. The minimum atomic E-state index is -0.944. The summed E-state index contributed by atoms with van der Waals surface area (Å²) in [6, 6.07) is 80.9. The van der Waals surface area contributed by atoms with Crippen molar-refractivity contribution in [2.24, 2.45) is 0 Å². The molecule has 4 heterocycles. The molecule has 392 valence electrons. The highest BCUT2D eigenvalue weighted by Gasteiger charge is 2.54. The molecule has 0 saturated heterocycles. The molecule has 8 aromatic carbocycles. The highest BCUT2D eigenvalue weighted by Crippen LogP contribution is 2.64. The number of aromatic nitrogens is 6. The maximum absolute atomic E-state index is 6.53. The number of hydrogen-bond acceptors (Lipinski definition) is 10. The van der Waals surface area contributed by atoms with Crippen molar-refractivity contribution in [1.29, 1.82) is 0 Å². The van der Waals surface area contributed by atoms with Gasteiger partial charge in [0.05, 0.1) is 16.8 Å². The molecule has 0 radical (unpaired) electrons. The minimum absolute atomic E-state index is 0.00554. The van der Waals surface area contributed by atoms with Crippen molar-refractivity contribution in [2.45, 2.75) is 57.8 Å². The number of fused-ring (bicyclic) bond motifs is 10. The van der Waals surface area contributed by atoms with Gasteiger partial charge < -0.3 is 18.6 Å². The van der Waals surface area contributed by atoms with Crippen molar-refractivity contribution < 1.29 is 8.83 Å². The van der Waals surface area contributed by atoms with Gasteiger partial charge in [-0.05, 0) is 165 Å². The van der Waals surface area contributed by atoms with E-state index in [4.69, 9.17) is 18.8 Å². The Morgan fingerprint density at radius 2 is 0.654 bits per heavy atom. The van der Waals surface area contributed by atoms with Crippen molar-refractivity contribution in [3.63, 3.8) is 0 Å². The standard InChI is InChI=1S/C71H56N8O2/c1-69(2,3)47-31-27-45(28-32-47)65-74-76-67(80-65)61-41-39-57-63(72-61)64-58(40-42-62(73-64)68-77-75-66(81-68)46-29-33-48(34-30-46)70(4,5)6)71(57)59-43-53(78(49-19-11-7-12-20-49)50-21-13-8-14-22-50)35-37-55(59)56-38-36-54(44-60(56)71)79(51-23-15-9-16-24-51)52-25-17-10-18-26-52/h7-44H,1-6H3. The van der Waals surface area contributed by atoms with Crippen LogP contribution in [0.25, 0.3) is 68.6 Å². The zero-order valence-corrected chi connectivity index (χ0v) is 45.8. The second-order valence-electron chi connectivity index (χ2n) is 22.9. The van der Waals surface area contributed by atoms with E-state index < -0.39 is 5.41 Å². The lowest BCUT2D eigenvalue weighted by Crippen LogP contribution is -2.27. The summed E-state index contributed by atoms with van der Waals surface area (Å²) in [6.45, 7) is 13.2. The first-order valence-corrected chi connectivity index (χ1v) is 27.4. The fraction of sp³-hybridized carbons (Fsp3) is 0.127. The van der Waals surface area contributed by atoms with Gasteiger partial charge in [-0.25, -0.2) is 9.97 Å². The molecule has 2 aliphatic rings. The molecule has 4 aromatic heterocycles. The molecule has 14 rings (SSSR count). The normalized spacial score (nSPS) is 12.9. The van der Waals surface area contributed by atoms with Crippen LogP contribution >= 0.6 is 0 Å². The summed E-state index contributed by atoms with van der Waals surface area (Å²) in [4.78, 5) is 15.8. The van der Waals surface area contributed by atoms with E-state index in [1.54, 1.807) is 0 Å². The Morgan fingerprint density at radius 3 is 0.988 bits per heavy atom. The summed E-state index contributed by atoms with van der Waals surface area (Å²) in [5.41, 5.74) is 18.0. The van der Waals surface area contributed by atoms with Gasteiger partial charge in [-0.15, -0.1) is 20.4 Å². The molecule has 12 aromatic rings. The Bertz CT molecular complexity index is 3940. The van der Waals surface area contributed by atoms with Gasteiger partial charge in [0.25, 0.3) is 11.8 Å². The highest BCUT2D eigenvalue weighted by atomic mass is 16.4. The van der Waals surface area contributed by atoms with Crippen LogP contribution in [0.1, 0.15) is 74.9 Å². The number of rotatable bonds is 10. The number of anilines is 6. The molecule has 0 aliphatic heterocycles. The summed E-state index contributed by atoms with van der Waals surface area (Å²) in [6.07, 6.45) is 0. The van der Waals surface area contributed by atoms with E-state index >= 15 is 0 Å². The van der Waals surface area contributed by atoms with E-state index in [2.05, 4.69) is 266 Å². The van der Waals surface area contributed by atoms with E-state index in [-0.39, 0.29) is 10.8 Å². The van der Waals surface area contributed by atoms with Crippen LogP contribution in [-0.2, 0) is 16.2 Å². The third-order valence-electron chi connectivity index (χ3n) is 15.8. The molecule has 10 nitrogen and oxygen atoms in total. The summed E-state index contributed by atoms with van der Waals surface area (Å²) >= 11 is 0. The molecule has 0 fully saturated rings. The summed E-state index contributed by atoms with van der Waals surface area (Å²) in [7, 11) is 0. The average Bonchev–Trinajstić information content (AvgIpc) is 3.18. The first kappa shape index (κ1) is 49.2. The second-order valence-corrected chi connectivity index (χ2v) is 22.9. The fourth-order valence-electron chi connectivity index (χ4n) is 11.7. The van der Waals surface area contributed by atoms with Gasteiger partial charge in [0.15, 0.2) is 0 Å². The number of benzene rings is 8. The molecule has 0 amide bonds. The predicted molar refractivity (Wildman–Crippen MR) is 323 cm³/mol. The van der Waals surface area contributed by atoms with Crippen molar-refractivity contribution in [2.75, 3.05) is 9.80 Å². The first-order chi connectivity index (χ1) is 39.4. The Hall–Kier alpha value is -10.1. The van der Waals surface area contributed by atoms with E-state index in [9.17, 15) is 0 Å². The van der Waals surface area contributed by atoms with Crippen LogP contribution in [0.3, 0.4) is 0 Å². The Balaban J connectivity index is 1.00. The van der Waals surface area contributed by atoms with Crippen molar-refractivity contribution in [3.8, 4) is 68.6 Å². The van der Waals surface area contributed by atoms with Gasteiger partial charge in [0.1, 0.15) is 11.4 Å². The van der Waals surface area contributed by atoms with Crippen LogP contribution in [0.4, 0.5) is 34.1 Å². The molecule has 0 atom stereocenters. The van der Waals surface area contributed by atoms with Crippen molar-refractivity contribution in [1.82, 2.24) is 30.4 Å². The van der Waals surface area contributed by atoms with Gasteiger partial charge in [-0.3, -0.25) is 0 Å². The third-order valence-corrected chi connectivity index (χ3v) is 15.8. The monoisotopic (exact) mass is 1050 g/mol. The Kier molecular flexibility index (Phi) is 11.6. The molecule has 10 heteroatoms. The number of pyridine rings is 2. The Morgan fingerprint density at radius 1 is 0.321 bits per heavy atom. The van der Waals surface area contributed by atoms with Gasteiger partial charge in [0.2, 0.25) is 11.8 Å². The van der Waals surface area contributed by atoms with Crippen LogP contribution < -0.4 is 9.80 Å². The smallest absolute Gasteiger partial charge is 0.266 e. The van der Waals surface area contributed by atoms with Crippen LogP contribution in [0.15, 0.2) is 239 Å². The molecule has 2 aliphatic carbocycles. The molecule has 0 saturated carbocycles. The highest BCUT2D eigenvalue weighted by molar-refractivity contribution is 5.97. The predicted octanol–water partition coefficient (Wildman–Crippen LogP) is 17.8. The fourth-order valence-corrected chi connectivity index (χ4v) is 11.7. The lowest BCUT2D eigenvalue weighted by molar-refractivity contribution is 0.579. The van der Waals surface area contributed by atoms with Crippen molar-refractivity contribution >= 4 is 34.1 Å². The zero-order chi connectivity index (χ0) is 55.0. The lowest BCUT2D eigenvalue weighted by Gasteiger charge is -2.33. The third kappa shape index (κ3) is 8.41.